The molecule has 1 heterocycles. The van der Waals surface area contributed by atoms with E-state index < -0.39 is 0 Å². The minimum atomic E-state index is 0.431. The number of hydrogen-bond acceptors (Lipinski definition) is 2. The third kappa shape index (κ3) is 9.42. The lowest BCUT2D eigenvalue weighted by Gasteiger charge is -2.15. The molecule has 0 fully saturated rings. The maximum atomic E-state index is 5.55. The highest BCUT2D eigenvalue weighted by Gasteiger charge is 2.02. The maximum Gasteiger partial charge on any atom is 0.0548 e. The minimum Gasteiger partial charge on any atom is -0.376 e. The molecule has 0 amide bonds. The highest BCUT2D eigenvalue weighted by Crippen LogP contribution is 2.03. The molecule has 86 valence electrons. The Labute approximate surface area is 93.7 Å². The molecule has 2 nitrogen and oxygen atoms in total. The van der Waals surface area contributed by atoms with Crippen molar-refractivity contribution in [2.24, 2.45) is 0 Å². The summed E-state index contributed by atoms with van der Waals surface area (Å²) in [7, 11) is 0. The van der Waals surface area contributed by atoms with Gasteiger partial charge in [-0.25, -0.2) is 0 Å². The summed E-state index contributed by atoms with van der Waals surface area (Å²) < 4.78 is 5.55. The zero-order valence-electron chi connectivity index (χ0n) is 10.3. The van der Waals surface area contributed by atoms with E-state index in [1.165, 1.54) is 0 Å². The Morgan fingerprint density at radius 1 is 0.933 bits per heavy atom. The third-order valence-electron chi connectivity index (χ3n) is 2.18. The maximum absolute atomic E-state index is 5.55. The fourth-order valence-electron chi connectivity index (χ4n) is 0.902. The van der Waals surface area contributed by atoms with Crippen LogP contribution in [0.3, 0.4) is 0 Å². The molecular formula is C13H23NO. The second kappa shape index (κ2) is 9.66. The van der Waals surface area contributed by atoms with E-state index in [9.17, 15) is 0 Å². The first-order valence-corrected chi connectivity index (χ1v) is 5.71. The highest BCUT2D eigenvalue weighted by atomic mass is 16.5. The monoisotopic (exact) mass is 209 g/mol. The van der Waals surface area contributed by atoms with Gasteiger partial charge in [-0.05, 0) is 38.8 Å². The van der Waals surface area contributed by atoms with Crippen molar-refractivity contribution >= 4 is 0 Å². The van der Waals surface area contributed by atoms with Gasteiger partial charge < -0.3 is 4.74 Å². The van der Waals surface area contributed by atoms with Gasteiger partial charge in [0.15, 0.2) is 0 Å². The van der Waals surface area contributed by atoms with Gasteiger partial charge in [0.05, 0.1) is 12.2 Å². The van der Waals surface area contributed by atoms with Crippen molar-refractivity contribution in [3.8, 4) is 0 Å². The van der Waals surface area contributed by atoms with Crippen molar-refractivity contribution in [2.45, 2.75) is 52.7 Å². The molecule has 1 rings (SSSR count). The quantitative estimate of drug-likeness (QED) is 0.754. The van der Waals surface area contributed by atoms with Gasteiger partial charge in [0.2, 0.25) is 0 Å². The van der Waals surface area contributed by atoms with Crippen LogP contribution in [0, 0.1) is 0 Å². The first-order valence-electron chi connectivity index (χ1n) is 5.71. The molecule has 1 aromatic heterocycles. The Hall–Kier alpha value is -0.890. The molecule has 1 aromatic rings. The largest absolute Gasteiger partial charge is 0.376 e. The second-order valence-electron chi connectivity index (χ2n) is 3.60. The summed E-state index contributed by atoms with van der Waals surface area (Å²) in [6, 6.07) is 5.72. The third-order valence-corrected chi connectivity index (χ3v) is 2.18. The summed E-state index contributed by atoms with van der Waals surface area (Å²) >= 11 is 0. The molecule has 0 aromatic carbocycles. The van der Waals surface area contributed by atoms with E-state index in [-0.39, 0.29) is 0 Å². The Kier molecular flexibility index (Phi) is 9.08. The summed E-state index contributed by atoms with van der Waals surface area (Å²) in [5.41, 5.74) is 0. The second-order valence-corrected chi connectivity index (χ2v) is 3.60. The summed E-state index contributed by atoms with van der Waals surface area (Å²) in [6.45, 7) is 8.53. The molecule has 2 unspecified atom stereocenters. The molecule has 0 N–H and O–H groups in total. The molecule has 0 aliphatic rings. The fraction of sp³-hybridized carbons (Fsp3) is 0.615. The molecule has 0 saturated carbocycles. The van der Waals surface area contributed by atoms with E-state index in [4.69, 9.17) is 4.74 Å². The van der Waals surface area contributed by atoms with Crippen LogP contribution >= 0.6 is 0 Å². The first kappa shape index (κ1) is 14.1. The predicted octanol–water partition coefficient (Wildman–Crippen LogP) is 3.68. The minimum absolute atomic E-state index is 0.431. The highest BCUT2D eigenvalue weighted by molar-refractivity contribution is 4.88. The van der Waals surface area contributed by atoms with Crippen LogP contribution in [0.4, 0.5) is 0 Å². The zero-order chi connectivity index (χ0) is 11.5. The summed E-state index contributed by atoms with van der Waals surface area (Å²) in [4.78, 5) is 3.78. The topological polar surface area (TPSA) is 22.1 Å². The molecule has 2 atom stereocenters. The van der Waals surface area contributed by atoms with Gasteiger partial charge in [-0.2, -0.15) is 0 Å². The smallest absolute Gasteiger partial charge is 0.0548 e. The first-order chi connectivity index (χ1) is 7.20. The molecule has 0 spiro atoms. The van der Waals surface area contributed by atoms with Gasteiger partial charge in [0.1, 0.15) is 0 Å². The lowest BCUT2D eigenvalue weighted by Crippen LogP contribution is -2.14. The summed E-state index contributed by atoms with van der Waals surface area (Å²) in [6.07, 6.45) is 6.59. The van der Waals surface area contributed by atoms with Gasteiger partial charge in [-0.15, -0.1) is 0 Å². The number of ether oxygens (including phenoxy) is 1. The van der Waals surface area contributed by atoms with Crippen molar-refractivity contribution in [1.29, 1.82) is 0 Å². The number of hydrogen-bond donors (Lipinski definition) is 0. The van der Waals surface area contributed by atoms with Gasteiger partial charge in [-0.1, -0.05) is 19.9 Å². The fourth-order valence-corrected chi connectivity index (χ4v) is 0.902. The van der Waals surface area contributed by atoms with E-state index in [2.05, 4.69) is 32.7 Å². The van der Waals surface area contributed by atoms with Crippen LogP contribution in [0.5, 0.6) is 0 Å². The van der Waals surface area contributed by atoms with Crippen LogP contribution < -0.4 is 0 Å². The molecule has 0 saturated heterocycles. The molecular weight excluding hydrogens is 186 g/mol. The van der Waals surface area contributed by atoms with E-state index in [0.29, 0.717) is 12.2 Å². The molecule has 2 heteroatoms. The average Bonchev–Trinajstić information content (AvgIpc) is 2.31. The van der Waals surface area contributed by atoms with Crippen molar-refractivity contribution in [1.82, 2.24) is 4.98 Å². The van der Waals surface area contributed by atoms with Crippen LogP contribution in [0.2, 0.25) is 0 Å². The average molecular weight is 209 g/mol. The van der Waals surface area contributed by atoms with Crippen LogP contribution in [-0.4, -0.2) is 17.2 Å². The normalized spacial score (nSPS) is 13.6. The SMILES string of the molecule is CCC(C)OC(C)CC.c1ccncc1. The molecule has 0 bridgehead atoms. The van der Waals surface area contributed by atoms with E-state index >= 15 is 0 Å². The number of aromatic nitrogens is 1. The molecule has 15 heavy (non-hydrogen) atoms. The van der Waals surface area contributed by atoms with Crippen LogP contribution in [0.25, 0.3) is 0 Å². The Bertz CT molecular complexity index is 178. The number of nitrogens with zero attached hydrogens (tertiary/aromatic N) is 1. The Morgan fingerprint density at radius 3 is 1.60 bits per heavy atom. The van der Waals surface area contributed by atoms with Crippen molar-refractivity contribution < 1.29 is 4.74 Å². The lowest BCUT2D eigenvalue weighted by molar-refractivity contribution is 0.00511. The van der Waals surface area contributed by atoms with Crippen LogP contribution in [0.1, 0.15) is 40.5 Å². The summed E-state index contributed by atoms with van der Waals surface area (Å²) in [5.74, 6) is 0. The van der Waals surface area contributed by atoms with Crippen molar-refractivity contribution in [3.63, 3.8) is 0 Å². The van der Waals surface area contributed by atoms with Crippen molar-refractivity contribution in [3.05, 3.63) is 30.6 Å². The van der Waals surface area contributed by atoms with Crippen molar-refractivity contribution in [2.75, 3.05) is 0 Å². The van der Waals surface area contributed by atoms with Crippen LogP contribution in [0.15, 0.2) is 30.6 Å². The van der Waals surface area contributed by atoms with E-state index in [1.807, 2.05) is 18.2 Å². The standard InChI is InChI=1S/C8H18O.C5H5N/c1-5-7(3)9-8(4)6-2;1-2-4-6-5-3-1/h7-8H,5-6H2,1-4H3;1-5H. The Balaban J connectivity index is 0.000000280. The van der Waals surface area contributed by atoms with Crippen LogP contribution in [-0.2, 0) is 4.74 Å². The van der Waals surface area contributed by atoms with Gasteiger partial charge in [-0.3, -0.25) is 4.98 Å². The zero-order valence-corrected chi connectivity index (χ0v) is 10.3. The predicted molar refractivity (Wildman–Crippen MR) is 64.8 cm³/mol. The lowest BCUT2D eigenvalue weighted by atomic mass is 10.3. The summed E-state index contributed by atoms with van der Waals surface area (Å²) in [5, 5.41) is 0. The van der Waals surface area contributed by atoms with E-state index in [0.717, 1.165) is 12.8 Å². The number of pyridine rings is 1. The van der Waals surface area contributed by atoms with Gasteiger partial charge >= 0.3 is 0 Å². The van der Waals surface area contributed by atoms with Gasteiger partial charge in [0, 0.05) is 12.4 Å². The number of rotatable bonds is 4. The molecule has 0 aliphatic carbocycles. The molecule has 0 aliphatic heterocycles. The van der Waals surface area contributed by atoms with E-state index in [1.54, 1.807) is 12.4 Å². The Morgan fingerprint density at radius 2 is 1.40 bits per heavy atom. The molecule has 0 radical (unpaired) electrons. The van der Waals surface area contributed by atoms with Gasteiger partial charge in [0.25, 0.3) is 0 Å².